The molecular weight excluding hydrogens is 1800 g/mol. The quantitative estimate of drug-likeness (QED) is 0.0303. The summed E-state index contributed by atoms with van der Waals surface area (Å²) in [6, 6.07) is 233. The molecule has 24 rings (SSSR count). The van der Waals surface area contributed by atoms with Crippen LogP contribution in [0.15, 0.2) is 619 Å². The smallest absolute Gasteiger partial charge is 0.179 e. The van der Waals surface area contributed by atoms with Crippen molar-refractivity contribution in [3.05, 3.63) is 619 Å². The molecule has 0 unspecified atom stereocenters. The Kier molecular flexibility index (Phi) is 24.3. The largest absolute Gasteiger partial charge is 0.310 e. The van der Waals surface area contributed by atoms with Crippen molar-refractivity contribution in [3.8, 4) is 44.5 Å². The molecule has 0 bridgehead atoms. The first-order valence-corrected chi connectivity index (χ1v) is 57.9. The zero-order valence-corrected chi connectivity index (χ0v) is 83.8. The molecule has 680 valence electrons. The van der Waals surface area contributed by atoms with Gasteiger partial charge in [0.2, 0.25) is 0 Å². The van der Waals surface area contributed by atoms with Gasteiger partial charge < -0.3 is 9.80 Å². The first-order valence-electron chi connectivity index (χ1n) is 49.9. The Morgan fingerprint density at radius 3 is 0.458 bits per heavy atom. The van der Waals surface area contributed by atoms with Crippen LogP contribution < -0.4 is 92.8 Å². The second-order valence-corrected chi connectivity index (χ2v) is 52.7. The maximum atomic E-state index is 2.49. The van der Waals surface area contributed by atoms with Gasteiger partial charge in [-0.2, -0.15) is 0 Å². The Balaban J connectivity index is 0.628. The van der Waals surface area contributed by atoms with Crippen LogP contribution in [0, 0.1) is 0 Å². The molecule has 24 aromatic carbocycles. The Morgan fingerprint density at radius 2 is 0.250 bits per heavy atom. The molecule has 0 aliphatic carbocycles. The second-order valence-electron chi connectivity index (χ2n) is 37.5. The normalized spacial score (nSPS) is 11.8. The molecule has 0 atom stereocenters. The molecule has 0 amide bonds. The fourth-order valence-corrected chi connectivity index (χ4v) is 42.4. The highest BCUT2D eigenvalue weighted by molar-refractivity contribution is 7.22. The van der Waals surface area contributed by atoms with Crippen LogP contribution in [0.3, 0.4) is 0 Å². The first kappa shape index (κ1) is 89.2. The highest BCUT2D eigenvalue weighted by Gasteiger charge is 2.46. The summed E-state index contributed by atoms with van der Waals surface area (Å²) in [7, 11) is -11.5. The van der Waals surface area contributed by atoms with E-state index in [1.807, 2.05) is 0 Å². The molecule has 6 heteroatoms. The van der Waals surface area contributed by atoms with Gasteiger partial charge in [0, 0.05) is 33.9 Å². The third-order valence-electron chi connectivity index (χ3n) is 29.9. The number of benzene rings is 24. The molecule has 24 aromatic rings. The van der Waals surface area contributed by atoms with Crippen LogP contribution in [0.5, 0.6) is 0 Å². The van der Waals surface area contributed by atoms with Crippen LogP contribution >= 0.6 is 0 Å². The number of rotatable bonds is 26. The molecule has 0 heterocycles. The Morgan fingerprint density at radius 1 is 0.104 bits per heavy atom. The lowest BCUT2D eigenvalue weighted by atomic mass is 9.87. The monoisotopic (exact) mass is 1900 g/mol. The number of nitrogens with zero attached hydrogens (tertiary/aromatic N) is 2. The summed E-state index contributed by atoms with van der Waals surface area (Å²) in [4.78, 5) is 4.98. The average Bonchev–Trinajstić information content (AvgIpc) is 0.753. The Bertz CT molecular complexity index is 7670. The van der Waals surface area contributed by atoms with E-state index in [2.05, 4.69) is 629 Å². The van der Waals surface area contributed by atoms with E-state index in [1.165, 1.54) is 126 Å². The van der Waals surface area contributed by atoms with Gasteiger partial charge in [0.1, 0.15) is 0 Å². The molecule has 0 fully saturated rings. The number of para-hydroxylation sites is 2. The van der Waals surface area contributed by atoms with Crippen molar-refractivity contribution in [1.82, 2.24) is 0 Å². The van der Waals surface area contributed by atoms with Crippen molar-refractivity contribution in [3.63, 3.8) is 0 Å². The van der Waals surface area contributed by atoms with Crippen molar-refractivity contribution in [2.45, 2.75) is 0 Å². The number of hydrogen-bond donors (Lipinski definition) is 0. The predicted molar refractivity (Wildman–Crippen MR) is 625 cm³/mol. The molecule has 0 radical (unpaired) electrons. The minimum absolute atomic E-state index is 1.04. The summed E-state index contributed by atoms with van der Waals surface area (Å²) >= 11 is 0. The summed E-state index contributed by atoms with van der Waals surface area (Å²) in [5, 5.41) is 28.5. The van der Waals surface area contributed by atoms with Crippen LogP contribution in [0.25, 0.3) is 76.8 Å². The molecule has 0 saturated heterocycles. The van der Waals surface area contributed by atoms with E-state index in [9.17, 15) is 0 Å². The van der Waals surface area contributed by atoms with Crippen LogP contribution in [0.2, 0.25) is 0 Å². The van der Waals surface area contributed by atoms with E-state index in [0.717, 1.165) is 67.5 Å². The van der Waals surface area contributed by atoms with E-state index in [-0.39, 0.29) is 0 Å². The third-order valence-corrected chi connectivity index (χ3v) is 49.1. The zero-order chi connectivity index (χ0) is 96.1. The molecule has 0 spiro atoms. The van der Waals surface area contributed by atoms with E-state index in [0.29, 0.717) is 0 Å². The van der Waals surface area contributed by atoms with Gasteiger partial charge in [-0.3, -0.25) is 0 Å². The van der Waals surface area contributed by atoms with Gasteiger partial charge in [0.15, 0.2) is 32.3 Å². The highest BCUT2D eigenvalue weighted by atomic mass is 28.3. The SMILES string of the molecule is c1ccc([Si](c2ccccc2)(c2ccccc2)c2ccc(-c3ccccc3N(c3ccc(-c4cc5c6ccccc6c(-c6ccc(N(c7ccc([Si](c8ccccc8)(c8ccccc8)c8ccccc8)cc7)c7ccccc7-c7ccc([Si](c8ccccc8)(c8ccccc8)c8ccccc8)cc7)cc6)cc5c5ccccc45)cc3)c3ccc([Si](c4ccccc4)(c4ccccc4)c4ccccc4)cc3)cc2)cc1. The highest BCUT2D eigenvalue weighted by Crippen LogP contribution is 2.47. The first-order chi connectivity index (χ1) is 71.4. The fourth-order valence-electron chi connectivity index (χ4n) is 23.5. The van der Waals surface area contributed by atoms with Crippen LogP contribution in [0.1, 0.15) is 0 Å². The van der Waals surface area contributed by atoms with E-state index < -0.39 is 32.3 Å². The Labute approximate surface area is 848 Å². The molecule has 0 saturated carbocycles. The zero-order valence-electron chi connectivity index (χ0n) is 79.8. The summed E-state index contributed by atoms with van der Waals surface area (Å²) in [5.41, 5.74) is 15.5. The van der Waals surface area contributed by atoms with E-state index in [1.54, 1.807) is 0 Å². The molecule has 0 aliphatic rings. The summed E-state index contributed by atoms with van der Waals surface area (Å²) in [5.74, 6) is 0. The van der Waals surface area contributed by atoms with Gasteiger partial charge in [-0.1, -0.05) is 546 Å². The molecule has 0 aromatic heterocycles. The fraction of sp³-hybridized carbons (Fsp3) is 0. The van der Waals surface area contributed by atoms with Gasteiger partial charge >= 0.3 is 0 Å². The van der Waals surface area contributed by atoms with Gasteiger partial charge in [0.05, 0.1) is 11.4 Å². The van der Waals surface area contributed by atoms with Gasteiger partial charge in [-0.15, -0.1) is 0 Å². The lowest BCUT2D eigenvalue weighted by Gasteiger charge is -2.35. The number of hydrogen-bond acceptors (Lipinski definition) is 2. The standard InChI is InChI=1S/C138H102N2Si4/c1-13-45-111(46-14-1)141(112-47-15-2-16-48-112,113-49-17-3-18-50-113)123-93-81-103(82-94-123)127-69-41-43-75-137(127)139(109-89-97-125(98-90-109)143(117-57-25-7-26-58-117,118-59-27-8-28-60-118)119-61-29-9-30-62-119)107-85-77-105(78-86-107)133-101-135-132-74-40-38-72-130(132)134(102-136(135)131-73-39-37-71-129(131)133)106-79-87-108(88-80-106)140(110-91-99-126(100-92-110)144(120-63-31-10-32-64-120,121-65-33-11-34-66-121)122-67-35-12-36-68-122)138-76-44-42-70-128(138)104-83-95-124(96-84-104)142(114-51-19-4-20-52-114,115-53-21-5-22-54-115)116-55-23-6-24-56-116/h1-102H. The predicted octanol–water partition coefficient (Wildman–Crippen LogP) is 24.3. The number of anilines is 6. The van der Waals surface area contributed by atoms with Gasteiger partial charge in [-0.25, -0.2) is 0 Å². The van der Waals surface area contributed by atoms with Gasteiger partial charge in [0.25, 0.3) is 0 Å². The van der Waals surface area contributed by atoms with Crippen LogP contribution in [0.4, 0.5) is 34.1 Å². The van der Waals surface area contributed by atoms with Crippen molar-refractivity contribution >= 4 is 182 Å². The van der Waals surface area contributed by atoms with E-state index >= 15 is 0 Å². The average molecular weight is 1900 g/mol. The molecular formula is C138H102N2Si4. The molecule has 2 nitrogen and oxygen atoms in total. The van der Waals surface area contributed by atoms with Crippen molar-refractivity contribution < 1.29 is 0 Å². The lowest BCUT2D eigenvalue weighted by molar-refractivity contribution is 1.28. The second kappa shape index (κ2) is 39.3. The molecule has 144 heavy (non-hydrogen) atoms. The maximum absolute atomic E-state index is 2.91. The van der Waals surface area contributed by atoms with Crippen LogP contribution in [-0.4, -0.2) is 32.3 Å². The third kappa shape index (κ3) is 15.8. The molecule has 0 aliphatic heterocycles. The minimum Gasteiger partial charge on any atom is -0.310 e. The number of fused-ring (bicyclic) bond motifs is 5. The van der Waals surface area contributed by atoms with Crippen LogP contribution in [-0.2, 0) is 0 Å². The van der Waals surface area contributed by atoms with E-state index in [4.69, 9.17) is 0 Å². The Hall–Kier alpha value is -17.5. The topological polar surface area (TPSA) is 6.48 Å². The summed E-state index contributed by atoms with van der Waals surface area (Å²) in [6.07, 6.45) is 0. The molecule has 0 N–H and O–H groups in total. The minimum atomic E-state index is -2.91. The summed E-state index contributed by atoms with van der Waals surface area (Å²) in [6.45, 7) is 0. The maximum Gasteiger partial charge on any atom is 0.179 e. The van der Waals surface area contributed by atoms with Crippen molar-refractivity contribution in [1.29, 1.82) is 0 Å². The van der Waals surface area contributed by atoms with Crippen molar-refractivity contribution in [2.75, 3.05) is 9.80 Å². The van der Waals surface area contributed by atoms with Crippen molar-refractivity contribution in [2.24, 2.45) is 0 Å². The summed E-state index contributed by atoms with van der Waals surface area (Å²) < 4.78 is 0. The lowest BCUT2D eigenvalue weighted by Crippen LogP contribution is -2.74. The van der Waals surface area contributed by atoms with Gasteiger partial charge in [-0.05, 0) is 221 Å².